The number of rotatable bonds is 5. The van der Waals surface area contributed by atoms with Gasteiger partial charge < -0.3 is 5.32 Å². The Labute approximate surface area is 174 Å². The van der Waals surface area contributed by atoms with Gasteiger partial charge >= 0.3 is 0 Å². The molecule has 0 fully saturated rings. The van der Waals surface area contributed by atoms with Crippen molar-refractivity contribution in [2.45, 2.75) is 4.90 Å². The Morgan fingerprint density at radius 3 is 2.21 bits per heavy atom. The van der Waals surface area contributed by atoms with E-state index < -0.39 is 27.6 Å². The summed E-state index contributed by atoms with van der Waals surface area (Å²) in [5, 5.41) is 2.23. The van der Waals surface area contributed by atoms with E-state index in [1.54, 1.807) is 24.3 Å². The molecule has 3 aromatic rings. The highest BCUT2D eigenvalue weighted by Crippen LogP contribution is 2.22. The molecule has 0 heterocycles. The number of hydrogen-bond acceptors (Lipinski definition) is 3. The van der Waals surface area contributed by atoms with Crippen LogP contribution in [0.2, 0.25) is 0 Å². The minimum absolute atomic E-state index is 0.251. The lowest BCUT2D eigenvalue weighted by Gasteiger charge is -2.11. The first-order chi connectivity index (χ1) is 13.3. The van der Waals surface area contributed by atoms with E-state index in [1.165, 1.54) is 18.2 Å². The minimum Gasteiger partial charge on any atom is -0.319 e. The summed E-state index contributed by atoms with van der Waals surface area (Å²) in [6, 6.07) is 14.9. The third-order valence-electron chi connectivity index (χ3n) is 3.71. The summed E-state index contributed by atoms with van der Waals surface area (Å²) >= 11 is 2.08. The van der Waals surface area contributed by atoms with Crippen LogP contribution in [0.15, 0.2) is 71.6 Å². The first-order valence-corrected chi connectivity index (χ1v) is 10.5. The second-order valence-electron chi connectivity index (χ2n) is 5.69. The molecule has 2 N–H and O–H groups in total. The van der Waals surface area contributed by atoms with Gasteiger partial charge in [-0.05, 0) is 77.2 Å². The fraction of sp³-hybridized carbons (Fsp3) is 0. The van der Waals surface area contributed by atoms with E-state index in [4.69, 9.17) is 0 Å². The summed E-state index contributed by atoms with van der Waals surface area (Å²) in [6.07, 6.45) is 0. The van der Waals surface area contributed by atoms with Gasteiger partial charge in [0.25, 0.3) is 15.9 Å². The van der Waals surface area contributed by atoms with Crippen LogP contribution in [-0.4, -0.2) is 14.3 Å². The van der Waals surface area contributed by atoms with Crippen LogP contribution in [0.25, 0.3) is 0 Å². The van der Waals surface area contributed by atoms with Gasteiger partial charge in [0.1, 0.15) is 11.6 Å². The van der Waals surface area contributed by atoms with Crippen molar-refractivity contribution in [3.63, 3.8) is 0 Å². The zero-order valence-electron chi connectivity index (χ0n) is 14.1. The Morgan fingerprint density at radius 2 is 1.57 bits per heavy atom. The SMILES string of the molecule is O=C(Nc1ccc(S(=O)(=O)Nc2ccc(I)cc2)cc1F)c1ccccc1F. The average Bonchev–Trinajstić information content (AvgIpc) is 2.65. The van der Waals surface area contributed by atoms with Gasteiger partial charge in [0.05, 0.1) is 16.1 Å². The van der Waals surface area contributed by atoms with Gasteiger partial charge in [0.15, 0.2) is 0 Å². The van der Waals surface area contributed by atoms with Gasteiger partial charge in [-0.1, -0.05) is 12.1 Å². The van der Waals surface area contributed by atoms with Gasteiger partial charge in [-0.2, -0.15) is 0 Å². The predicted octanol–water partition coefficient (Wildman–Crippen LogP) is 4.62. The van der Waals surface area contributed by atoms with Crippen molar-refractivity contribution in [3.05, 3.63) is 87.5 Å². The van der Waals surface area contributed by atoms with E-state index in [9.17, 15) is 22.0 Å². The smallest absolute Gasteiger partial charge is 0.261 e. The van der Waals surface area contributed by atoms with Crippen LogP contribution < -0.4 is 10.0 Å². The normalized spacial score (nSPS) is 11.1. The maximum absolute atomic E-state index is 14.3. The van der Waals surface area contributed by atoms with Crippen LogP contribution in [0.3, 0.4) is 0 Å². The van der Waals surface area contributed by atoms with Crippen LogP contribution in [0.4, 0.5) is 20.2 Å². The Balaban J connectivity index is 1.80. The van der Waals surface area contributed by atoms with Crippen LogP contribution >= 0.6 is 22.6 Å². The van der Waals surface area contributed by atoms with Crippen molar-refractivity contribution in [3.8, 4) is 0 Å². The molecular formula is C19H13F2IN2O3S. The lowest BCUT2D eigenvalue weighted by molar-refractivity contribution is 0.102. The molecule has 0 aliphatic heterocycles. The zero-order valence-corrected chi connectivity index (χ0v) is 17.1. The number of carbonyl (C=O) groups is 1. The summed E-state index contributed by atoms with van der Waals surface area (Å²) in [7, 11) is -4.02. The molecule has 0 saturated heterocycles. The van der Waals surface area contributed by atoms with Crippen molar-refractivity contribution in [1.82, 2.24) is 0 Å². The van der Waals surface area contributed by atoms with Crippen molar-refractivity contribution in [2.24, 2.45) is 0 Å². The topological polar surface area (TPSA) is 75.3 Å². The fourth-order valence-electron chi connectivity index (χ4n) is 2.33. The third kappa shape index (κ3) is 4.65. The van der Waals surface area contributed by atoms with E-state index in [1.807, 2.05) is 0 Å². The number of amides is 1. The molecule has 144 valence electrons. The lowest BCUT2D eigenvalue weighted by atomic mass is 10.2. The van der Waals surface area contributed by atoms with Crippen LogP contribution in [0.5, 0.6) is 0 Å². The first kappa shape index (κ1) is 20.2. The summed E-state index contributed by atoms with van der Waals surface area (Å²) in [4.78, 5) is 11.8. The van der Waals surface area contributed by atoms with Crippen LogP contribution in [0, 0.1) is 15.2 Å². The highest BCUT2D eigenvalue weighted by molar-refractivity contribution is 14.1. The van der Waals surface area contributed by atoms with E-state index in [-0.39, 0.29) is 16.1 Å². The Kier molecular flexibility index (Phi) is 5.94. The molecule has 0 aromatic heterocycles. The highest BCUT2D eigenvalue weighted by atomic mass is 127. The number of nitrogens with one attached hydrogen (secondary N) is 2. The molecule has 0 unspecified atom stereocenters. The average molecular weight is 514 g/mol. The minimum atomic E-state index is -4.02. The molecule has 3 rings (SSSR count). The van der Waals surface area contributed by atoms with Crippen molar-refractivity contribution in [2.75, 3.05) is 10.0 Å². The van der Waals surface area contributed by atoms with Crippen molar-refractivity contribution in [1.29, 1.82) is 0 Å². The van der Waals surface area contributed by atoms with Gasteiger partial charge in [-0.15, -0.1) is 0 Å². The molecule has 0 bridgehead atoms. The second kappa shape index (κ2) is 8.23. The molecule has 3 aromatic carbocycles. The molecule has 0 radical (unpaired) electrons. The molecule has 0 aliphatic carbocycles. The fourth-order valence-corrected chi connectivity index (χ4v) is 3.76. The zero-order chi connectivity index (χ0) is 20.3. The number of carbonyl (C=O) groups excluding carboxylic acids is 1. The van der Waals surface area contributed by atoms with Crippen molar-refractivity contribution < 1.29 is 22.0 Å². The molecule has 0 atom stereocenters. The van der Waals surface area contributed by atoms with E-state index in [0.29, 0.717) is 5.69 Å². The second-order valence-corrected chi connectivity index (χ2v) is 8.62. The van der Waals surface area contributed by atoms with E-state index in [0.717, 1.165) is 27.8 Å². The molecule has 9 heteroatoms. The van der Waals surface area contributed by atoms with Crippen LogP contribution in [0.1, 0.15) is 10.4 Å². The number of halogens is 3. The Hall–Kier alpha value is -2.53. The first-order valence-electron chi connectivity index (χ1n) is 7.90. The summed E-state index contributed by atoms with van der Waals surface area (Å²) in [5.74, 6) is -2.55. The molecule has 5 nitrogen and oxygen atoms in total. The maximum Gasteiger partial charge on any atom is 0.261 e. The van der Waals surface area contributed by atoms with Crippen molar-refractivity contribution >= 4 is 49.9 Å². The van der Waals surface area contributed by atoms with Gasteiger partial charge in [-0.25, -0.2) is 17.2 Å². The quantitative estimate of drug-likeness (QED) is 0.488. The van der Waals surface area contributed by atoms with Gasteiger partial charge in [0.2, 0.25) is 0 Å². The molecule has 28 heavy (non-hydrogen) atoms. The Bertz CT molecular complexity index is 1140. The van der Waals surface area contributed by atoms with Gasteiger partial charge in [-0.3, -0.25) is 9.52 Å². The molecule has 0 aliphatic rings. The largest absolute Gasteiger partial charge is 0.319 e. The molecule has 0 spiro atoms. The summed E-state index contributed by atoms with van der Waals surface area (Å²) in [6.45, 7) is 0. The monoisotopic (exact) mass is 514 g/mol. The maximum atomic E-state index is 14.3. The molecule has 0 saturated carbocycles. The molecular weight excluding hydrogens is 501 g/mol. The standard InChI is InChI=1S/C19H13F2IN2O3S/c20-16-4-2-1-3-15(16)19(25)23-18-10-9-14(11-17(18)21)28(26,27)24-13-7-5-12(22)6-8-13/h1-11,24H,(H,23,25). The predicted molar refractivity (Wildman–Crippen MR) is 111 cm³/mol. The number of benzene rings is 3. The third-order valence-corrected chi connectivity index (χ3v) is 5.81. The number of sulfonamides is 1. The van der Waals surface area contributed by atoms with Gasteiger partial charge in [0, 0.05) is 9.26 Å². The lowest BCUT2D eigenvalue weighted by Crippen LogP contribution is -2.16. The van der Waals surface area contributed by atoms with Crippen LogP contribution in [-0.2, 0) is 10.0 Å². The summed E-state index contributed by atoms with van der Waals surface area (Å²) in [5.41, 5.74) is -0.182. The summed E-state index contributed by atoms with van der Waals surface area (Å²) < 4.78 is 56.1. The van der Waals surface area contributed by atoms with E-state index >= 15 is 0 Å². The number of anilines is 2. The number of hydrogen-bond donors (Lipinski definition) is 2. The van der Waals surface area contributed by atoms with E-state index in [2.05, 4.69) is 32.6 Å². The highest BCUT2D eigenvalue weighted by Gasteiger charge is 2.18. The molecule has 1 amide bonds. The Morgan fingerprint density at radius 1 is 0.893 bits per heavy atom.